The third-order valence-corrected chi connectivity index (χ3v) is 6.23. The van der Waals surface area contributed by atoms with Crippen LogP contribution in [0.4, 0.5) is 21.7 Å². The van der Waals surface area contributed by atoms with Crippen molar-refractivity contribution in [3.8, 4) is 28.8 Å². The van der Waals surface area contributed by atoms with Crippen molar-refractivity contribution in [1.29, 1.82) is 0 Å². The number of benzene rings is 1. The molecular formula is C26H31FN8O. The number of nitrogens with zero attached hydrogens (tertiary/aromatic N) is 7. The number of hydrogen-bond acceptors (Lipinski definition) is 9. The van der Waals surface area contributed by atoms with Crippen LogP contribution in [0.15, 0.2) is 42.6 Å². The number of alkyl halides is 1. The lowest BCUT2D eigenvalue weighted by atomic mass is 10.1. The molecule has 0 radical (unpaired) electrons. The fraction of sp³-hybridized carbons (Fsp3) is 0.385. The molecule has 1 aliphatic rings. The Kier molecular flexibility index (Phi) is 8.13. The summed E-state index contributed by atoms with van der Waals surface area (Å²) in [5.74, 6) is 7.76. The largest absolute Gasteiger partial charge is 0.507 e. The van der Waals surface area contributed by atoms with Crippen LogP contribution in [0, 0.1) is 11.8 Å². The van der Waals surface area contributed by atoms with Crippen molar-refractivity contribution in [2.24, 2.45) is 0 Å². The van der Waals surface area contributed by atoms with E-state index in [1.54, 1.807) is 24.4 Å². The van der Waals surface area contributed by atoms with E-state index in [9.17, 15) is 9.50 Å². The minimum atomic E-state index is -0.398. The van der Waals surface area contributed by atoms with Gasteiger partial charge in [-0.1, -0.05) is 18.1 Å². The van der Waals surface area contributed by atoms with E-state index in [1.807, 2.05) is 30.1 Å². The lowest BCUT2D eigenvalue weighted by Gasteiger charge is -2.28. The first kappa shape index (κ1) is 25.1. The smallest absolute Gasteiger partial charge is 0.206 e. The van der Waals surface area contributed by atoms with Crippen LogP contribution in [0.25, 0.3) is 11.3 Å². The molecule has 36 heavy (non-hydrogen) atoms. The number of phenolic OH excluding ortho intramolecular Hbond substituents is 1. The standard InChI is InChI=1S/C26H31FN8O/c1-19-10-14-34(22-18-21(31-32-26(22)28)20-6-3-4-7-23(20)36)16-17-35(19)25-9-12-29-24(30-25)8-5-13-33(2)15-11-27/h3-4,6-7,9,12,18-19,36H,10-11,13-17H2,1-2H3,(H2,28,32)/t19-/m0/s1. The van der Waals surface area contributed by atoms with Crippen LogP contribution in [-0.2, 0) is 0 Å². The number of anilines is 3. The van der Waals surface area contributed by atoms with Crippen LogP contribution in [0.5, 0.6) is 5.75 Å². The molecule has 1 saturated heterocycles. The summed E-state index contributed by atoms with van der Waals surface area (Å²) in [4.78, 5) is 15.2. The number of phenols is 1. The molecule has 1 aliphatic heterocycles. The van der Waals surface area contributed by atoms with E-state index in [0.717, 1.165) is 31.0 Å². The molecule has 10 heteroatoms. The van der Waals surface area contributed by atoms with Crippen molar-refractivity contribution in [2.45, 2.75) is 19.4 Å². The second-order valence-corrected chi connectivity index (χ2v) is 8.80. The molecule has 0 amide bonds. The molecule has 4 rings (SSSR count). The molecule has 1 atom stereocenters. The van der Waals surface area contributed by atoms with Gasteiger partial charge in [0.2, 0.25) is 5.82 Å². The first-order valence-corrected chi connectivity index (χ1v) is 12.0. The lowest BCUT2D eigenvalue weighted by Crippen LogP contribution is -2.35. The summed E-state index contributed by atoms with van der Waals surface area (Å²) in [7, 11) is 1.83. The molecule has 3 heterocycles. The molecule has 3 aromatic rings. The Labute approximate surface area is 210 Å². The minimum absolute atomic E-state index is 0.148. The summed E-state index contributed by atoms with van der Waals surface area (Å²) in [6, 6.07) is 11.1. The highest BCUT2D eigenvalue weighted by atomic mass is 19.1. The van der Waals surface area contributed by atoms with E-state index < -0.39 is 6.67 Å². The molecule has 3 N–H and O–H groups in total. The number of para-hydroxylation sites is 1. The molecular weight excluding hydrogens is 459 g/mol. The lowest BCUT2D eigenvalue weighted by molar-refractivity contribution is 0.323. The molecule has 9 nitrogen and oxygen atoms in total. The molecule has 188 valence electrons. The van der Waals surface area contributed by atoms with E-state index in [-0.39, 0.29) is 11.8 Å². The van der Waals surface area contributed by atoms with Gasteiger partial charge in [0.1, 0.15) is 18.2 Å². The first-order valence-electron chi connectivity index (χ1n) is 12.0. The highest BCUT2D eigenvalue weighted by molar-refractivity contribution is 5.74. The summed E-state index contributed by atoms with van der Waals surface area (Å²) < 4.78 is 12.4. The van der Waals surface area contributed by atoms with E-state index in [0.29, 0.717) is 42.5 Å². The number of aromatic nitrogens is 4. The van der Waals surface area contributed by atoms with Crippen LogP contribution >= 0.6 is 0 Å². The Bertz CT molecular complexity index is 1240. The average Bonchev–Trinajstić information content (AvgIpc) is 3.07. The Morgan fingerprint density at radius 2 is 2.03 bits per heavy atom. The fourth-order valence-electron chi connectivity index (χ4n) is 4.15. The van der Waals surface area contributed by atoms with E-state index >= 15 is 0 Å². The van der Waals surface area contributed by atoms with Crippen molar-refractivity contribution in [1.82, 2.24) is 25.1 Å². The van der Waals surface area contributed by atoms with Crippen LogP contribution < -0.4 is 15.5 Å². The minimum Gasteiger partial charge on any atom is -0.507 e. The Morgan fingerprint density at radius 1 is 1.19 bits per heavy atom. The zero-order valence-electron chi connectivity index (χ0n) is 20.6. The predicted octanol–water partition coefficient (Wildman–Crippen LogP) is 2.58. The second-order valence-electron chi connectivity index (χ2n) is 8.80. The van der Waals surface area contributed by atoms with Gasteiger partial charge >= 0.3 is 0 Å². The highest BCUT2D eigenvalue weighted by Crippen LogP contribution is 2.32. The van der Waals surface area contributed by atoms with Crippen molar-refractivity contribution in [2.75, 3.05) is 62.0 Å². The quantitative estimate of drug-likeness (QED) is 0.504. The number of nitrogens with two attached hydrogens (primary N) is 1. The first-order chi connectivity index (χ1) is 17.5. The number of rotatable bonds is 6. The Morgan fingerprint density at radius 3 is 2.83 bits per heavy atom. The van der Waals surface area contributed by atoms with Gasteiger partial charge in [-0.15, -0.1) is 10.2 Å². The molecule has 0 unspecified atom stereocenters. The Hall–Kier alpha value is -3.97. The molecule has 0 bridgehead atoms. The maximum absolute atomic E-state index is 12.4. The number of hydrogen-bond donors (Lipinski definition) is 2. The van der Waals surface area contributed by atoms with Gasteiger partial charge in [0.05, 0.1) is 17.9 Å². The van der Waals surface area contributed by atoms with Crippen molar-refractivity contribution in [3.05, 3.63) is 48.4 Å². The third kappa shape index (κ3) is 5.98. The zero-order valence-corrected chi connectivity index (χ0v) is 20.6. The topological polar surface area (TPSA) is 108 Å². The SMILES string of the molecule is C[C@H]1CCN(c2cc(-c3ccccc3O)nnc2N)CCN1c1ccnc(C#CCN(C)CCF)n1. The summed E-state index contributed by atoms with van der Waals surface area (Å²) in [5, 5.41) is 18.6. The Balaban J connectivity index is 1.50. The highest BCUT2D eigenvalue weighted by Gasteiger charge is 2.24. The molecule has 0 saturated carbocycles. The van der Waals surface area contributed by atoms with Crippen LogP contribution in [0.1, 0.15) is 19.2 Å². The number of aromatic hydroxyl groups is 1. The number of nitrogen functional groups attached to an aromatic ring is 1. The summed E-state index contributed by atoms with van der Waals surface area (Å²) in [6.07, 6.45) is 2.60. The normalized spacial score (nSPS) is 15.9. The van der Waals surface area contributed by atoms with Gasteiger partial charge in [-0.3, -0.25) is 4.90 Å². The molecule has 2 aromatic heterocycles. The van der Waals surface area contributed by atoms with Crippen molar-refractivity contribution >= 4 is 17.3 Å². The summed E-state index contributed by atoms with van der Waals surface area (Å²) in [6.45, 7) is 4.79. The average molecular weight is 491 g/mol. The van der Waals surface area contributed by atoms with E-state index in [2.05, 4.69) is 48.7 Å². The summed E-state index contributed by atoms with van der Waals surface area (Å²) in [5.41, 5.74) is 8.20. The predicted molar refractivity (Wildman–Crippen MR) is 140 cm³/mol. The van der Waals surface area contributed by atoms with E-state index in [4.69, 9.17) is 5.73 Å². The van der Waals surface area contributed by atoms with Crippen molar-refractivity contribution < 1.29 is 9.50 Å². The van der Waals surface area contributed by atoms with Gasteiger partial charge in [0, 0.05) is 44.0 Å². The maximum atomic E-state index is 12.4. The van der Waals surface area contributed by atoms with E-state index in [1.165, 1.54) is 0 Å². The molecule has 0 aliphatic carbocycles. The van der Waals surface area contributed by atoms with Crippen LogP contribution in [0.3, 0.4) is 0 Å². The fourth-order valence-corrected chi connectivity index (χ4v) is 4.15. The van der Waals surface area contributed by atoms with Gasteiger partial charge in [0.25, 0.3) is 0 Å². The third-order valence-electron chi connectivity index (χ3n) is 6.23. The monoisotopic (exact) mass is 490 g/mol. The molecule has 0 spiro atoms. The van der Waals surface area contributed by atoms with Gasteiger partial charge in [0.15, 0.2) is 5.82 Å². The van der Waals surface area contributed by atoms with Crippen molar-refractivity contribution in [3.63, 3.8) is 0 Å². The maximum Gasteiger partial charge on any atom is 0.206 e. The van der Waals surface area contributed by atoms with Gasteiger partial charge in [-0.05, 0) is 50.6 Å². The summed E-state index contributed by atoms with van der Waals surface area (Å²) >= 11 is 0. The zero-order chi connectivity index (χ0) is 25.5. The molecule has 1 fully saturated rings. The number of halogens is 1. The van der Waals surface area contributed by atoms with Crippen LogP contribution in [0.2, 0.25) is 0 Å². The van der Waals surface area contributed by atoms with Gasteiger partial charge < -0.3 is 20.6 Å². The van der Waals surface area contributed by atoms with Crippen LogP contribution in [-0.4, -0.2) is 82.7 Å². The molecule has 1 aromatic carbocycles. The second kappa shape index (κ2) is 11.6. The van der Waals surface area contributed by atoms with Gasteiger partial charge in [-0.2, -0.15) is 0 Å². The van der Waals surface area contributed by atoms with Gasteiger partial charge in [-0.25, -0.2) is 14.4 Å².